The quantitative estimate of drug-likeness (QED) is 0.721. The molecule has 1 N–H and O–H groups in total. The molecule has 1 amide bonds. The van der Waals surface area contributed by atoms with E-state index in [1.807, 2.05) is 29.5 Å². The summed E-state index contributed by atoms with van der Waals surface area (Å²) in [6.07, 6.45) is 4.09. The number of aryl methyl sites for hydroxylation is 3. The zero-order chi connectivity index (χ0) is 14.8. The number of carbonyl (C=O) groups excluding carboxylic acids is 1. The van der Waals surface area contributed by atoms with E-state index in [9.17, 15) is 4.79 Å². The highest BCUT2D eigenvalue weighted by Crippen LogP contribution is 2.16. The lowest BCUT2D eigenvalue weighted by Gasteiger charge is -2.04. The summed E-state index contributed by atoms with van der Waals surface area (Å²) >= 11 is 0. The molecule has 0 aromatic carbocycles. The molecule has 3 aromatic heterocycles. The molecule has 0 fully saturated rings. The van der Waals surface area contributed by atoms with Gasteiger partial charge in [-0.2, -0.15) is 10.2 Å². The molecule has 0 aliphatic heterocycles. The van der Waals surface area contributed by atoms with Crippen LogP contribution in [0.1, 0.15) is 22.7 Å². The Bertz CT molecular complexity index is 754. The van der Waals surface area contributed by atoms with Crippen LogP contribution < -0.4 is 5.32 Å². The lowest BCUT2D eigenvalue weighted by Crippen LogP contribution is -2.24. The van der Waals surface area contributed by atoms with E-state index in [4.69, 9.17) is 4.42 Å². The summed E-state index contributed by atoms with van der Waals surface area (Å²) in [7, 11) is 1.91. The number of nitrogens with one attached hydrogen (secondary N) is 1. The van der Waals surface area contributed by atoms with Gasteiger partial charge in [0.25, 0.3) is 5.91 Å². The largest absolute Gasteiger partial charge is 0.459 e. The van der Waals surface area contributed by atoms with Gasteiger partial charge < -0.3 is 9.73 Å². The van der Waals surface area contributed by atoms with Crippen LogP contribution in [0.25, 0.3) is 11.0 Å². The molecule has 3 rings (SSSR count). The van der Waals surface area contributed by atoms with Crippen molar-refractivity contribution in [3.63, 3.8) is 0 Å². The zero-order valence-electron chi connectivity index (χ0n) is 12.0. The number of fused-ring (bicyclic) bond motifs is 1. The molecule has 21 heavy (non-hydrogen) atoms. The maximum Gasteiger partial charge on any atom is 0.286 e. The van der Waals surface area contributed by atoms with Crippen LogP contribution in [-0.4, -0.2) is 32.0 Å². The highest BCUT2D eigenvalue weighted by molar-refractivity contribution is 5.91. The van der Waals surface area contributed by atoms with E-state index in [-0.39, 0.29) is 5.91 Å². The molecule has 0 bridgehead atoms. The second kappa shape index (κ2) is 5.43. The lowest BCUT2D eigenvalue weighted by molar-refractivity contribution is 0.0925. The minimum atomic E-state index is -0.192. The molecule has 0 radical (unpaired) electrons. The highest BCUT2D eigenvalue weighted by atomic mass is 16.3. The molecule has 7 heteroatoms. The molecule has 0 saturated carbocycles. The molecule has 110 valence electrons. The Morgan fingerprint density at radius 3 is 3.10 bits per heavy atom. The fourth-order valence-corrected chi connectivity index (χ4v) is 2.41. The van der Waals surface area contributed by atoms with Crippen molar-refractivity contribution in [2.45, 2.75) is 19.9 Å². The Hall–Kier alpha value is -2.57. The van der Waals surface area contributed by atoms with E-state index in [1.165, 1.54) is 6.26 Å². The van der Waals surface area contributed by atoms with Crippen LogP contribution in [0.5, 0.6) is 0 Å². The van der Waals surface area contributed by atoms with Crippen molar-refractivity contribution in [2.75, 3.05) is 6.54 Å². The third-order valence-corrected chi connectivity index (χ3v) is 3.39. The molecule has 0 saturated heterocycles. The maximum atomic E-state index is 11.7. The van der Waals surface area contributed by atoms with Gasteiger partial charge in [-0.25, -0.2) is 0 Å². The topological polar surface area (TPSA) is 77.9 Å². The van der Waals surface area contributed by atoms with E-state index in [2.05, 4.69) is 15.5 Å². The Morgan fingerprint density at radius 1 is 1.48 bits per heavy atom. The Labute approximate surface area is 121 Å². The molecule has 3 aromatic rings. The summed E-state index contributed by atoms with van der Waals surface area (Å²) in [5.41, 5.74) is 3.03. The average Bonchev–Trinajstić information content (AvgIpc) is 3.15. The monoisotopic (exact) mass is 287 g/mol. The number of carbonyl (C=O) groups is 1. The smallest absolute Gasteiger partial charge is 0.286 e. The molecule has 0 aliphatic carbocycles. The van der Waals surface area contributed by atoms with Gasteiger partial charge in [0.2, 0.25) is 0 Å². The van der Waals surface area contributed by atoms with Crippen LogP contribution in [0.15, 0.2) is 29.0 Å². The van der Waals surface area contributed by atoms with Gasteiger partial charge in [0.1, 0.15) is 11.0 Å². The van der Waals surface area contributed by atoms with Crippen molar-refractivity contribution < 1.29 is 9.21 Å². The van der Waals surface area contributed by atoms with Crippen molar-refractivity contribution in [2.24, 2.45) is 7.05 Å². The van der Waals surface area contributed by atoms with Gasteiger partial charge in [-0.05, 0) is 25.5 Å². The van der Waals surface area contributed by atoms with Crippen molar-refractivity contribution in [3.05, 3.63) is 36.0 Å². The van der Waals surface area contributed by atoms with Crippen molar-refractivity contribution in [3.8, 4) is 0 Å². The summed E-state index contributed by atoms with van der Waals surface area (Å²) in [4.78, 5) is 11.7. The van der Waals surface area contributed by atoms with Crippen LogP contribution in [0.3, 0.4) is 0 Å². The molecule has 0 spiro atoms. The van der Waals surface area contributed by atoms with Crippen molar-refractivity contribution in [1.29, 1.82) is 0 Å². The Kier molecular flexibility index (Phi) is 3.47. The first kappa shape index (κ1) is 13.4. The Balaban J connectivity index is 1.56. The van der Waals surface area contributed by atoms with Gasteiger partial charge in [0.05, 0.1) is 18.2 Å². The standard InChI is InChI=1S/C14H17N5O2/c1-10-13-11(18(2)17-10)9-16-19(13)7-4-6-15-14(20)12-5-3-8-21-12/h3,5,8-9H,4,6-7H2,1-2H3,(H,15,20). The fourth-order valence-electron chi connectivity index (χ4n) is 2.41. The van der Waals surface area contributed by atoms with Gasteiger partial charge in [0, 0.05) is 20.1 Å². The molecular formula is C14H17N5O2. The summed E-state index contributed by atoms with van der Waals surface area (Å²) < 4.78 is 8.79. The van der Waals surface area contributed by atoms with Gasteiger partial charge in [-0.3, -0.25) is 14.2 Å². The van der Waals surface area contributed by atoms with Crippen molar-refractivity contribution >= 4 is 16.9 Å². The molecule has 0 atom stereocenters. The first-order valence-corrected chi connectivity index (χ1v) is 6.83. The number of amides is 1. The third kappa shape index (κ3) is 2.54. The summed E-state index contributed by atoms with van der Waals surface area (Å²) in [5.74, 6) is 0.141. The molecule has 0 aliphatic rings. The van der Waals surface area contributed by atoms with Crippen molar-refractivity contribution in [1.82, 2.24) is 24.9 Å². The van der Waals surface area contributed by atoms with Gasteiger partial charge in [0.15, 0.2) is 5.76 Å². The number of rotatable bonds is 5. The first-order chi connectivity index (χ1) is 10.2. The van der Waals surface area contributed by atoms with Crippen LogP contribution >= 0.6 is 0 Å². The van der Waals surface area contributed by atoms with Gasteiger partial charge >= 0.3 is 0 Å². The van der Waals surface area contributed by atoms with Gasteiger partial charge in [-0.1, -0.05) is 0 Å². The van der Waals surface area contributed by atoms with Crippen LogP contribution in [0, 0.1) is 6.92 Å². The number of hydrogen-bond donors (Lipinski definition) is 1. The van der Waals surface area contributed by atoms with E-state index in [0.29, 0.717) is 12.3 Å². The van der Waals surface area contributed by atoms with E-state index >= 15 is 0 Å². The minimum absolute atomic E-state index is 0.192. The molecule has 7 nitrogen and oxygen atoms in total. The zero-order valence-corrected chi connectivity index (χ0v) is 12.0. The Morgan fingerprint density at radius 2 is 2.33 bits per heavy atom. The van der Waals surface area contributed by atoms with Gasteiger partial charge in [-0.15, -0.1) is 0 Å². The average molecular weight is 287 g/mol. The van der Waals surface area contributed by atoms with E-state index in [1.54, 1.807) is 12.1 Å². The van der Waals surface area contributed by atoms with Crippen LogP contribution in [-0.2, 0) is 13.6 Å². The first-order valence-electron chi connectivity index (χ1n) is 6.83. The predicted octanol–water partition coefficient (Wildman–Crippen LogP) is 1.49. The van der Waals surface area contributed by atoms with Crippen LogP contribution in [0.2, 0.25) is 0 Å². The predicted molar refractivity (Wildman–Crippen MR) is 76.9 cm³/mol. The number of hydrogen-bond acceptors (Lipinski definition) is 4. The summed E-state index contributed by atoms with van der Waals surface area (Å²) in [6.45, 7) is 3.27. The summed E-state index contributed by atoms with van der Waals surface area (Å²) in [6, 6.07) is 3.34. The number of furan rings is 1. The fraction of sp³-hybridized carbons (Fsp3) is 0.357. The normalized spacial score (nSPS) is 11.1. The molecular weight excluding hydrogens is 270 g/mol. The maximum absolute atomic E-state index is 11.7. The molecule has 3 heterocycles. The van der Waals surface area contributed by atoms with E-state index in [0.717, 1.165) is 29.7 Å². The molecule has 0 unspecified atom stereocenters. The second-order valence-corrected chi connectivity index (χ2v) is 4.90. The SMILES string of the molecule is Cc1nn(C)c2cnn(CCCNC(=O)c3ccco3)c12. The third-order valence-electron chi connectivity index (χ3n) is 3.39. The second-order valence-electron chi connectivity index (χ2n) is 4.90. The number of aromatic nitrogens is 4. The lowest BCUT2D eigenvalue weighted by atomic mass is 10.3. The number of nitrogens with zero attached hydrogens (tertiary/aromatic N) is 4. The highest BCUT2D eigenvalue weighted by Gasteiger charge is 2.11. The van der Waals surface area contributed by atoms with E-state index < -0.39 is 0 Å². The minimum Gasteiger partial charge on any atom is -0.459 e. The van der Waals surface area contributed by atoms with Crippen LogP contribution in [0.4, 0.5) is 0 Å². The summed E-state index contributed by atoms with van der Waals surface area (Å²) in [5, 5.41) is 11.6.